The largest absolute Gasteiger partial charge is 0.373 e. The molecule has 0 fully saturated rings. The first-order valence-electron chi connectivity index (χ1n) is 8.08. The highest BCUT2D eigenvalue weighted by Gasteiger charge is 2.22. The number of primary sulfonamides is 1. The third-order valence-corrected chi connectivity index (χ3v) is 5.24. The molecule has 1 atom stereocenters. The smallest absolute Gasteiger partial charge is 0.238 e. The Kier molecular flexibility index (Phi) is 4.35. The maximum Gasteiger partial charge on any atom is 0.238 e. The number of sulfonamides is 1. The van der Waals surface area contributed by atoms with Crippen LogP contribution in [-0.2, 0) is 10.0 Å². The number of benzene rings is 2. The van der Waals surface area contributed by atoms with E-state index in [4.69, 9.17) is 10.9 Å². The Labute approximate surface area is 159 Å². The number of H-pyrrole nitrogens is 1. The average molecular weight is 397 g/mol. The van der Waals surface area contributed by atoms with Gasteiger partial charge in [0.15, 0.2) is 0 Å². The van der Waals surface area contributed by atoms with Crippen LogP contribution in [0, 0.1) is 0 Å². The molecule has 4 rings (SSSR count). The highest BCUT2D eigenvalue weighted by molar-refractivity contribution is 7.89. The number of nitrogens with zero attached hydrogens (tertiary/aromatic N) is 4. The molecule has 0 saturated heterocycles. The number of pyridine rings is 1. The molecular formula is C17H15N7O3S. The Bertz CT molecular complexity index is 1270. The van der Waals surface area contributed by atoms with Crippen molar-refractivity contribution in [1.82, 2.24) is 25.6 Å². The quantitative estimate of drug-likeness (QED) is 0.364. The first-order valence-corrected chi connectivity index (χ1v) is 9.63. The number of aliphatic hydroxyl groups is 1. The molecule has 142 valence electrons. The molecule has 2 aromatic heterocycles. The number of nitrogens with one attached hydrogen (secondary N) is 1. The van der Waals surface area contributed by atoms with Gasteiger partial charge >= 0.3 is 0 Å². The molecule has 2 heterocycles. The number of rotatable bonds is 4. The topological polar surface area (TPSA) is 174 Å². The molecule has 0 aliphatic heterocycles. The number of aromatic amines is 1. The molecule has 0 aliphatic rings. The number of hydrogen-bond acceptors (Lipinski definition) is 8. The fourth-order valence-electron chi connectivity index (χ4n) is 3.11. The molecule has 11 heteroatoms. The summed E-state index contributed by atoms with van der Waals surface area (Å²) in [5.74, 6) is 0.104. The van der Waals surface area contributed by atoms with E-state index in [-0.39, 0.29) is 16.3 Å². The van der Waals surface area contributed by atoms with E-state index in [2.05, 4.69) is 25.6 Å². The van der Waals surface area contributed by atoms with Crippen molar-refractivity contribution in [2.45, 2.75) is 11.1 Å². The van der Waals surface area contributed by atoms with Crippen molar-refractivity contribution < 1.29 is 13.5 Å². The van der Waals surface area contributed by atoms with Crippen LogP contribution in [0.25, 0.3) is 33.3 Å². The molecule has 28 heavy (non-hydrogen) atoms. The van der Waals surface area contributed by atoms with Gasteiger partial charge in [-0.05, 0) is 39.9 Å². The van der Waals surface area contributed by atoms with Crippen molar-refractivity contribution in [2.75, 3.05) is 0 Å². The van der Waals surface area contributed by atoms with E-state index in [1.807, 2.05) is 6.07 Å². The lowest BCUT2D eigenvalue weighted by Gasteiger charge is -2.13. The maximum atomic E-state index is 12.1. The van der Waals surface area contributed by atoms with Gasteiger partial charge in [0, 0.05) is 11.6 Å². The van der Waals surface area contributed by atoms with Gasteiger partial charge in [0.2, 0.25) is 15.8 Å². The maximum absolute atomic E-state index is 12.1. The number of fused-ring (bicyclic) bond motifs is 1. The van der Waals surface area contributed by atoms with Gasteiger partial charge in [-0.3, -0.25) is 4.98 Å². The predicted molar refractivity (Wildman–Crippen MR) is 101 cm³/mol. The van der Waals surface area contributed by atoms with E-state index in [0.717, 1.165) is 5.39 Å². The molecule has 0 saturated carbocycles. The summed E-state index contributed by atoms with van der Waals surface area (Å²) < 4.78 is 24.2. The first kappa shape index (κ1) is 18.1. The third kappa shape index (κ3) is 3.12. The Morgan fingerprint density at radius 1 is 1.14 bits per heavy atom. The second kappa shape index (κ2) is 6.73. The second-order valence-corrected chi connectivity index (χ2v) is 7.57. The summed E-state index contributed by atoms with van der Waals surface area (Å²) in [6.45, 7) is 0. The van der Waals surface area contributed by atoms with Crippen LogP contribution >= 0.6 is 0 Å². The van der Waals surface area contributed by atoms with Gasteiger partial charge < -0.3 is 10.8 Å². The SMILES string of the molecule is NC(O)c1nccc2cc(-c3cccc(S(N)(=O)=O)c3-c3nn[nH]n3)ccc12. The van der Waals surface area contributed by atoms with E-state index in [1.165, 1.54) is 6.07 Å². The van der Waals surface area contributed by atoms with E-state index in [0.29, 0.717) is 22.2 Å². The lowest BCUT2D eigenvalue weighted by Crippen LogP contribution is -2.14. The number of hydrogen-bond donors (Lipinski definition) is 4. The molecule has 4 aromatic rings. The van der Waals surface area contributed by atoms with Crippen molar-refractivity contribution >= 4 is 20.8 Å². The van der Waals surface area contributed by atoms with Gasteiger partial charge in [-0.15, -0.1) is 10.2 Å². The minimum Gasteiger partial charge on any atom is -0.373 e. The van der Waals surface area contributed by atoms with Gasteiger partial charge in [0.25, 0.3) is 0 Å². The van der Waals surface area contributed by atoms with Crippen LogP contribution < -0.4 is 10.9 Å². The lowest BCUT2D eigenvalue weighted by atomic mass is 9.96. The summed E-state index contributed by atoms with van der Waals surface area (Å²) in [5.41, 5.74) is 7.41. The summed E-state index contributed by atoms with van der Waals surface area (Å²) >= 11 is 0. The van der Waals surface area contributed by atoms with Crippen molar-refractivity contribution in [1.29, 1.82) is 0 Å². The van der Waals surface area contributed by atoms with E-state index in [1.54, 1.807) is 36.5 Å². The molecule has 2 aromatic carbocycles. The van der Waals surface area contributed by atoms with Crippen LogP contribution in [-0.4, -0.2) is 39.1 Å². The molecule has 0 spiro atoms. The lowest BCUT2D eigenvalue weighted by molar-refractivity contribution is 0.183. The summed E-state index contributed by atoms with van der Waals surface area (Å²) in [6.07, 6.45) is 0.327. The monoisotopic (exact) mass is 397 g/mol. The Morgan fingerprint density at radius 2 is 1.96 bits per heavy atom. The molecule has 0 radical (unpaired) electrons. The Balaban J connectivity index is 2.00. The molecule has 0 amide bonds. The molecule has 6 N–H and O–H groups in total. The summed E-state index contributed by atoms with van der Waals surface area (Å²) in [7, 11) is -4.03. The molecular weight excluding hydrogens is 382 g/mol. The molecule has 10 nitrogen and oxygen atoms in total. The number of nitrogens with two attached hydrogens (primary N) is 2. The fourth-order valence-corrected chi connectivity index (χ4v) is 3.87. The van der Waals surface area contributed by atoms with Crippen LogP contribution in [0.2, 0.25) is 0 Å². The van der Waals surface area contributed by atoms with Crippen LogP contribution in [0.15, 0.2) is 53.6 Å². The third-order valence-electron chi connectivity index (χ3n) is 4.29. The second-order valence-electron chi connectivity index (χ2n) is 6.04. The average Bonchev–Trinajstić information content (AvgIpc) is 3.20. The van der Waals surface area contributed by atoms with Gasteiger partial charge in [0.1, 0.15) is 6.23 Å². The normalized spacial score (nSPS) is 13.0. The van der Waals surface area contributed by atoms with Gasteiger partial charge in [-0.2, -0.15) is 5.21 Å². The van der Waals surface area contributed by atoms with E-state index in [9.17, 15) is 13.5 Å². The van der Waals surface area contributed by atoms with Crippen molar-refractivity contribution in [3.05, 3.63) is 54.4 Å². The van der Waals surface area contributed by atoms with E-state index < -0.39 is 16.3 Å². The molecule has 0 aliphatic carbocycles. The first-order chi connectivity index (χ1) is 13.4. The Hall–Kier alpha value is -3.25. The zero-order chi connectivity index (χ0) is 19.9. The minimum absolute atomic E-state index is 0.104. The van der Waals surface area contributed by atoms with Crippen LogP contribution in [0.5, 0.6) is 0 Å². The Morgan fingerprint density at radius 3 is 2.64 bits per heavy atom. The van der Waals surface area contributed by atoms with Crippen LogP contribution in [0.1, 0.15) is 11.9 Å². The summed E-state index contributed by atoms with van der Waals surface area (Å²) in [4.78, 5) is 4.00. The van der Waals surface area contributed by atoms with Gasteiger partial charge in [-0.1, -0.05) is 24.3 Å². The number of aromatic nitrogens is 5. The number of aliphatic hydroxyl groups excluding tert-OH is 1. The van der Waals surface area contributed by atoms with Crippen LogP contribution in [0.3, 0.4) is 0 Å². The van der Waals surface area contributed by atoms with Crippen molar-refractivity contribution in [3.8, 4) is 22.5 Å². The zero-order valence-electron chi connectivity index (χ0n) is 14.3. The predicted octanol–water partition coefficient (Wildman–Crippen LogP) is 0.679. The van der Waals surface area contributed by atoms with Crippen molar-refractivity contribution in [2.24, 2.45) is 10.9 Å². The highest BCUT2D eigenvalue weighted by Crippen LogP contribution is 2.36. The number of tetrazole rings is 1. The summed E-state index contributed by atoms with van der Waals surface area (Å²) in [5, 5.41) is 30.2. The highest BCUT2D eigenvalue weighted by atomic mass is 32.2. The standard InChI is InChI=1S/C17H15N7O3S/c18-16(25)15-12-5-4-9(8-10(12)6-7-20-15)11-2-1-3-13(28(19,26)27)14(11)17-21-23-24-22-17/h1-8,16,25H,18H2,(H2,19,26,27)(H,21,22,23,24). The minimum atomic E-state index is -4.03. The fraction of sp³-hybridized carbons (Fsp3) is 0.0588. The zero-order valence-corrected chi connectivity index (χ0v) is 15.1. The molecule has 1 unspecified atom stereocenters. The summed E-state index contributed by atoms with van der Waals surface area (Å²) in [6, 6.07) is 11.8. The molecule has 0 bridgehead atoms. The van der Waals surface area contributed by atoms with E-state index >= 15 is 0 Å². The van der Waals surface area contributed by atoms with Crippen LogP contribution in [0.4, 0.5) is 0 Å². The van der Waals surface area contributed by atoms with Gasteiger partial charge in [0.05, 0.1) is 16.2 Å². The van der Waals surface area contributed by atoms with Crippen molar-refractivity contribution in [3.63, 3.8) is 0 Å². The van der Waals surface area contributed by atoms with Gasteiger partial charge in [-0.25, -0.2) is 13.6 Å².